The van der Waals surface area contributed by atoms with E-state index in [1.54, 1.807) is 12.1 Å². The molecule has 2 atom stereocenters. The molecule has 2 N–H and O–H groups in total. The lowest BCUT2D eigenvalue weighted by atomic mass is 9.78. The second-order valence-electron chi connectivity index (χ2n) is 7.40. The molecule has 1 saturated heterocycles. The summed E-state index contributed by atoms with van der Waals surface area (Å²) in [5.74, 6) is 0.477. The van der Waals surface area contributed by atoms with Crippen molar-refractivity contribution in [1.29, 1.82) is 0 Å². The van der Waals surface area contributed by atoms with E-state index >= 15 is 0 Å². The maximum absolute atomic E-state index is 11.0. The summed E-state index contributed by atoms with van der Waals surface area (Å²) in [6.07, 6.45) is -1.61. The molecule has 5 nitrogen and oxygen atoms in total. The van der Waals surface area contributed by atoms with Gasteiger partial charge < -0.3 is 19.5 Å². The van der Waals surface area contributed by atoms with E-state index in [4.69, 9.17) is 9.31 Å². The molecule has 1 fully saturated rings. The minimum atomic E-state index is -1.02. The molecule has 2 unspecified atom stereocenters. The standard InChI is InChI=1S/C18H27BO5S/c1-12(20)25-10-9-15(21)16(22)13-7-6-8-14(11-13)19-23-17(2,3)18(4,5)24-19/h6-8,11,15-16,21-22H,9-10H2,1-5H3. The SMILES string of the molecule is CC(=O)SCCC(O)C(O)c1cccc(B2OC(C)(C)C(C)(C)O2)c1. The number of hydrogen-bond donors (Lipinski definition) is 2. The van der Waals surface area contributed by atoms with E-state index in [0.29, 0.717) is 17.7 Å². The normalized spacial score (nSPS) is 21.2. The first kappa shape index (κ1) is 20.5. The van der Waals surface area contributed by atoms with Crippen molar-refractivity contribution < 1.29 is 24.3 Å². The molecule has 1 heterocycles. The van der Waals surface area contributed by atoms with Gasteiger partial charge in [0.05, 0.1) is 17.3 Å². The Labute approximate surface area is 154 Å². The lowest BCUT2D eigenvalue weighted by molar-refractivity contribution is -0.109. The molecular weight excluding hydrogens is 339 g/mol. The van der Waals surface area contributed by atoms with Gasteiger partial charge in [0.2, 0.25) is 0 Å². The van der Waals surface area contributed by atoms with E-state index in [9.17, 15) is 15.0 Å². The molecule has 2 rings (SSSR count). The fraction of sp³-hybridized carbons (Fsp3) is 0.611. The molecule has 0 radical (unpaired) electrons. The smallest absolute Gasteiger partial charge is 0.399 e. The Hall–Kier alpha value is -0.855. The van der Waals surface area contributed by atoms with Crippen molar-refractivity contribution in [3.05, 3.63) is 29.8 Å². The highest BCUT2D eigenvalue weighted by atomic mass is 32.2. The predicted octanol–water partition coefficient (Wildman–Crippen LogP) is 2.05. The number of hydrogen-bond acceptors (Lipinski definition) is 6. The zero-order valence-electron chi connectivity index (χ0n) is 15.5. The van der Waals surface area contributed by atoms with Crippen LogP contribution in [0.2, 0.25) is 0 Å². The second-order valence-corrected chi connectivity index (χ2v) is 8.67. The summed E-state index contributed by atoms with van der Waals surface area (Å²) >= 11 is 1.15. The Morgan fingerprint density at radius 2 is 1.80 bits per heavy atom. The summed E-state index contributed by atoms with van der Waals surface area (Å²) < 4.78 is 12.1. The summed E-state index contributed by atoms with van der Waals surface area (Å²) in [5, 5.41) is 20.6. The maximum Gasteiger partial charge on any atom is 0.494 e. The van der Waals surface area contributed by atoms with Gasteiger partial charge in [-0.2, -0.15) is 0 Å². The summed E-state index contributed by atoms with van der Waals surface area (Å²) in [4.78, 5) is 11.0. The van der Waals surface area contributed by atoms with Gasteiger partial charge in [-0.25, -0.2) is 0 Å². The van der Waals surface area contributed by atoms with E-state index in [1.807, 2.05) is 39.8 Å². The first-order chi connectivity index (χ1) is 11.5. The van der Waals surface area contributed by atoms with Gasteiger partial charge in [-0.05, 0) is 45.1 Å². The number of carbonyl (C=O) groups is 1. The van der Waals surface area contributed by atoms with Crippen LogP contribution >= 0.6 is 11.8 Å². The minimum absolute atomic E-state index is 0.00412. The van der Waals surface area contributed by atoms with Gasteiger partial charge in [0.1, 0.15) is 6.10 Å². The summed E-state index contributed by atoms with van der Waals surface area (Å²) in [5.41, 5.74) is 0.541. The molecule has 0 bridgehead atoms. The average molecular weight is 366 g/mol. The second kappa shape index (κ2) is 7.80. The number of aliphatic hydroxyl groups excluding tert-OH is 2. The molecule has 1 aliphatic rings. The highest BCUT2D eigenvalue weighted by Crippen LogP contribution is 2.36. The van der Waals surface area contributed by atoms with E-state index < -0.39 is 30.5 Å². The largest absolute Gasteiger partial charge is 0.494 e. The third-order valence-electron chi connectivity index (χ3n) is 4.86. The zero-order chi connectivity index (χ0) is 18.8. The fourth-order valence-electron chi connectivity index (χ4n) is 2.57. The minimum Gasteiger partial charge on any atom is -0.399 e. The molecule has 1 aliphatic heterocycles. The number of aliphatic hydroxyl groups is 2. The molecule has 7 heteroatoms. The van der Waals surface area contributed by atoms with E-state index in [2.05, 4.69) is 0 Å². The van der Waals surface area contributed by atoms with Gasteiger partial charge in [-0.15, -0.1) is 0 Å². The number of thioether (sulfide) groups is 1. The summed E-state index contributed by atoms with van der Waals surface area (Å²) in [6, 6.07) is 7.27. The maximum atomic E-state index is 11.0. The van der Waals surface area contributed by atoms with Crippen LogP contribution in [-0.2, 0) is 14.1 Å². The van der Waals surface area contributed by atoms with Crippen molar-refractivity contribution in [1.82, 2.24) is 0 Å². The fourth-order valence-corrected chi connectivity index (χ4v) is 3.22. The lowest BCUT2D eigenvalue weighted by Crippen LogP contribution is -2.41. The van der Waals surface area contributed by atoms with Crippen LogP contribution in [0.3, 0.4) is 0 Å². The van der Waals surface area contributed by atoms with Gasteiger partial charge >= 0.3 is 7.12 Å². The number of carbonyl (C=O) groups excluding carboxylic acids is 1. The molecule has 138 valence electrons. The van der Waals surface area contributed by atoms with E-state index in [0.717, 1.165) is 17.2 Å². The third kappa shape index (κ3) is 4.86. The van der Waals surface area contributed by atoms with Gasteiger partial charge in [0.25, 0.3) is 0 Å². The number of benzene rings is 1. The molecule has 0 amide bonds. The van der Waals surface area contributed by atoms with Crippen molar-refractivity contribution >= 4 is 29.5 Å². The van der Waals surface area contributed by atoms with Crippen LogP contribution in [0.15, 0.2) is 24.3 Å². The molecular formula is C18H27BO5S. The highest BCUT2D eigenvalue weighted by Gasteiger charge is 2.51. The van der Waals surface area contributed by atoms with Crippen LogP contribution in [-0.4, -0.2) is 45.5 Å². The Bertz CT molecular complexity index is 603. The first-order valence-corrected chi connectivity index (χ1v) is 9.47. The van der Waals surface area contributed by atoms with Crippen molar-refractivity contribution in [2.45, 2.75) is 64.4 Å². The van der Waals surface area contributed by atoms with Crippen LogP contribution in [0.5, 0.6) is 0 Å². The van der Waals surface area contributed by atoms with Crippen LogP contribution in [0.1, 0.15) is 52.7 Å². The summed E-state index contributed by atoms with van der Waals surface area (Å²) in [6.45, 7) is 9.44. The topological polar surface area (TPSA) is 76.0 Å². The van der Waals surface area contributed by atoms with Crippen molar-refractivity contribution in [2.75, 3.05) is 5.75 Å². The monoisotopic (exact) mass is 366 g/mol. The lowest BCUT2D eigenvalue weighted by Gasteiger charge is -2.32. The average Bonchev–Trinajstić information content (AvgIpc) is 2.74. The van der Waals surface area contributed by atoms with Crippen molar-refractivity contribution in [3.8, 4) is 0 Å². The molecule has 0 aromatic heterocycles. The number of rotatable bonds is 6. The Kier molecular flexibility index (Phi) is 6.38. The van der Waals surface area contributed by atoms with Crippen LogP contribution in [0, 0.1) is 0 Å². The van der Waals surface area contributed by atoms with Crippen molar-refractivity contribution in [3.63, 3.8) is 0 Å². The van der Waals surface area contributed by atoms with Crippen molar-refractivity contribution in [2.24, 2.45) is 0 Å². The summed E-state index contributed by atoms with van der Waals surface area (Å²) in [7, 11) is -0.512. The van der Waals surface area contributed by atoms with Gasteiger partial charge in [-0.1, -0.05) is 36.0 Å². The Morgan fingerprint density at radius 3 is 2.36 bits per heavy atom. The van der Waals surface area contributed by atoms with Crippen LogP contribution < -0.4 is 5.46 Å². The van der Waals surface area contributed by atoms with Gasteiger partial charge in [0, 0.05) is 12.7 Å². The van der Waals surface area contributed by atoms with E-state index in [-0.39, 0.29) is 5.12 Å². The quantitative estimate of drug-likeness (QED) is 0.751. The molecule has 0 aliphatic carbocycles. The Morgan fingerprint density at radius 1 is 1.20 bits per heavy atom. The molecule has 1 aromatic rings. The molecule has 0 spiro atoms. The molecule has 25 heavy (non-hydrogen) atoms. The zero-order valence-corrected chi connectivity index (χ0v) is 16.3. The third-order valence-corrected chi connectivity index (χ3v) is 5.71. The van der Waals surface area contributed by atoms with Crippen LogP contribution in [0.25, 0.3) is 0 Å². The molecule has 1 aromatic carbocycles. The molecule has 0 saturated carbocycles. The highest BCUT2D eigenvalue weighted by molar-refractivity contribution is 8.13. The van der Waals surface area contributed by atoms with Crippen LogP contribution in [0.4, 0.5) is 0 Å². The Balaban J connectivity index is 2.07. The first-order valence-electron chi connectivity index (χ1n) is 8.48. The van der Waals surface area contributed by atoms with E-state index in [1.165, 1.54) is 6.92 Å². The van der Waals surface area contributed by atoms with Gasteiger partial charge in [-0.3, -0.25) is 4.79 Å². The van der Waals surface area contributed by atoms with Gasteiger partial charge in [0.15, 0.2) is 5.12 Å². The predicted molar refractivity (Wildman–Crippen MR) is 101 cm³/mol.